The normalized spacial score (nSPS) is 27.0. The lowest BCUT2D eigenvalue weighted by molar-refractivity contribution is -0.140. The Hall–Kier alpha value is -3.47. The van der Waals surface area contributed by atoms with Crippen LogP contribution in [0.1, 0.15) is 24.0 Å². The molecule has 2 amide bonds. The molecule has 1 saturated heterocycles. The molecule has 2 aromatic carbocycles. The first-order valence-corrected chi connectivity index (χ1v) is 10.9. The zero-order valence-corrected chi connectivity index (χ0v) is 17.1. The van der Waals surface area contributed by atoms with Crippen LogP contribution in [0.15, 0.2) is 78.0 Å². The van der Waals surface area contributed by atoms with Gasteiger partial charge in [-0.15, -0.1) is 0 Å². The minimum absolute atomic E-state index is 0.140. The molecule has 0 radical (unpaired) electrons. The van der Waals surface area contributed by atoms with Crippen LogP contribution in [0.4, 0.5) is 0 Å². The Balaban J connectivity index is 1.33. The van der Waals surface area contributed by atoms with Gasteiger partial charge in [0, 0.05) is 29.2 Å². The largest absolute Gasteiger partial charge is 0.342 e. The quantitative estimate of drug-likeness (QED) is 0.368. The summed E-state index contributed by atoms with van der Waals surface area (Å²) in [6.07, 6.45) is 9.96. The topological polar surface area (TPSA) is 54.7 Å². The molecule has 7 rings (SSSR count). The van der Waals surface area contributed by atoms with Crippen molar-refractivity contribution in [3.05, 3.63) is 84.1 Å². The Morgan fingerprint density at radius 3 is 2.19 bits per heavy atom. The van der Waals surface area contributed by atoms with E-state index in [4.69, 9.17) is 0 Å². The Bertz CT molecular complexity index is 1210. The summed E-state index contributed by atoms with van der Waals surface area (Å²) >= 11 is 0. The van der Waals surface area contributed by atoms with Gasteiger partial charge in [0.05, 0.1) is 18.1 Å². The van der Waals surface area contributed by atoms with E-state index in [2.05, 4.69) is 46.1 Å². The van der Waals surface area contributed by atoms with E-state index in [0.717, 1.165) is 40.9 Å². The zero-order chi connectivity index (χ0) is 20.9. The third-order valence-corrected chi connectivity index (χ3v) is 7.06. The lowest BCUT2D eigenvalue weighted by atomic mass is 9.63. The van der Waals surface area contributed by atoms with Gasteiger partial charge < -0.3 is 4.57 Å². The fourth-order valence-electron chi connectivity index (χ4n) is 5.58. The van der Waals surface area contributed by atoms with E-state index in [1.807, 2.05) is 36.5 Å². The van der Waals surface area contributed by atoms with Gasteiger partial charge >= 0.3 is 0 Å². The van der Waals surface area contributed by atoms with Gasteiger partial charge in [-0.05, 0) is 36.3 Å². The molecule has 1 aliphatic heterocycles. The number of para-hydroxylation sites is 1. The van der Waals surface area contributed by atoms with Gasteiger partial charge in [-0.3, -0.25) is 9.59 Å². The molecule has 2 heterocycles. The van der Waals surface area contributed by atoms with Crippen LogP contribution in [0.3, 0.4) is 0 Å². The Morgan fingerprint density at radius 1 is 0.871 bits per heavy atom. The monoisotopic (exact) mass is 409 g/mol. The highest BCUT2D eigenvalue weighted by molar-refractivity contribution is 6.07. The highest BCUT2D eigenvalue weighted by Gasteiger charge is 2.56. The van der Waals surface area contributed by atoms with Crippen LogP contribution >= 0.6 is 0 Å². The van der Waals surface area contributed by atoms with Crippen molar-refractivity contribution in [3.8, 4) is 0 Å². The molecule has 2 bridgehead atoms. The predicted octanol–water partition coefficient (Wildman–Crippen LogP) is 4.22. The smallest absolute Gasteiger partial charge is 0.254 e. The number of allylic oxidation sites excluding steroid dienone is 2. The molecule has 3 aliphatic carbocycles. The Morgan fingerprint density at radius 2 is 1.52 bits per heavy atom. The van der Waals surface area contributed by atoms with Crippen LogP contribution in [0.5, 0.6) is 0 Å². The number of imide groups is 1. The number of amides is 2. The molecule has 5 heteroatoms. The van der Waals surface area contributed by atoms with Gasteiger partial charge in [0.15, 0.2) is 0 Å². The van der Waals surface area contributed by atoms with Gasteiger partial charge in [0.2, 0.25) is 0 Å². The molecule has 2 fully saturated rings. The van der Waals surface area contributed by atoms with Gasteiger partial charge in [0.25, 0.3) is 11.8 Å². The van der Waals surface area contributed by atoms with Crippen molar-refractivity contribution in [2.75, 3.05) is 0 Å². The fraction of sp³-hybridized carbons (Fsp3) is 0.269. The minimum Gasteiger partial charge on any atom is -0.342 e. The molecule has 5 nitrogen and oxygen atoms in total. The van der Waals surface area contributed by atoms with Crippen LogP contribution in [-0.2, 0) is 16.1 Å². The molecular weight excluding hydrogens is 386 g/mol. The second kappa shape index (κ2) is 7.05. The summed E-state index contributed by atoms with van der Waals surface area (Å²) in [4.78, 5) is 26.0. The lowest BCUT2D eigenvalue weighted by Crippen LogP contribution is -2.38. The van der Waals surface area contributed by atoms with Gasteiger partial charge in [-0.25, -0.2) is 0 Å². The second-order valence-electron chi connectivity index (χ2n) is 8.79. The summed E-state index contributed by atoms with van der Waals surface area (Å²) in [5.41, 5.74) is 3.22. The first-order chi connectivity index (χ1) is 15.2. The van der Waals surface area contributed by atoms with Crippen LogP contribution in [0, 0.1) is 23.7 Å². The number of nitrogens with zero attached hydrogens (tertiary/aromatic N) is 3. The number of benzene rings is 2. The van der Waals surface area contributed by atoms with Crippen molar-refractivity contribution in [3.63, 3.8) is 0 Å². The molecule has 31 heavy (non-hydrogen) atoms. The summed E-state index contributed by atoms with van der Waals surface area (Å²) < 4.78 is 2.18. The molecule has 0 unspecified atom stereocenters. The van der Waals surface area contributed by atoms with Crippen molar-refractivity contribution in [1.29, 1.82) is 0 Å². The van der Waals surface area contributed by atoms with Gasteiger partial charge in [-0.2, -0.15) is 10.1 Å². The lowest BCUT2D eigenvalue weighted by Gasteiger charge is -2.37. The maximum atomic E-state index is 13.0. The van der Waals surface area contributed by atoms with Crippen molar-refractivity contribution in [2.24, 2.45) is 28.8 Å². The van der Waals surface area contributed by atoms with Crippen molar-refractivity contribution >= 4 is 28.9 Å². The van der Waals surface area contributed by atoms with Crippen LogP contribution in [-0.4, -0.2) is 27.6 Å². The second-order valence-corrected chi connectivity index (χ2v) is 8.79. The van der Waals surface area contributed by atoms with E-state index in [9.17, 15) is 9.59 Å². The van der Waals surface area contributed by atoms with Gasteiger partial charge in [-0.1, -0.05) is 60.7 Å². The average Bonchev–Trinajstić information content (AvgIpc) is 3.30. The minimum atomic E-state index is -0.229. The summed E-state index contributed by atoms with van der Waals surface area (Å²) in [5, 5.41) is 6.61. The number of hydrogen-bond donors (Lipinski definition) is 0. The first kappa shape index (κ1) is 18.3. The molecule has 4 aliphatic rings. The summed E-state index contributed by atoms with van der Waals surface area (Å²) in [6.45, 7) is 0.746. The van der Waals surface area contributed by atoms with E-state index in [1.54, 1.807) is 6.21 Å². The highest BCUT2D eigenvalue weighted by atomic mass is 16.2. The fourth-order valence-corrected chi connectivity index (χ4v) is 5.58. The van der Waals surface area contributed by atoms with Crippen LogP contribution in [0.2, 0.25) is 0 Å². The molecule has 0 N–H and O–H groups in total. The van der Waals surface area contributed by atoms with Crippen molar-refractivity contribution in [2.45, 2.75) is 19.4 Å². The zero-order valence-electron chi connectivity index (χ0n) is 17.1. The van der Waals surface area contributed by atoms with E-state index in [1.165, 1.54) is 5.56 Å². The number of carbonyl (C=O) groups is 2. The standard InChI is InChI=1S/C26H23N3O2/c30-25-23-18-10-11-19(13-12-18)24(23)26(31)29(25)27-14-20-16-28(15-17-6-2-1-3-7-17)22-9-5-4-8-21(20)22/h1-11,14,16,18-19,23-24H,12-13,15H2/b27-14-/t18-,19-,23-,24-/m0/s1. The molecule has 154 valence electrons. The molecule has 1 saturated carbocycles. The Kier molecular flexibility index (Phi) is 4.16. The third-order valence-electron chi connectivity index (χ3n) is 7.06. The molecule has 4 atom stereocenters. The van der Waals surface area contributed by atoms with Crippen molar-refractivity contribution < 1.29 is 9.59 Å². The maximum absolute atomic E-state index is 13.0. The number of carbonyl (C=O) groups excluding carboxylic acids is 2. The van der Waals surface area contributed by atoms with E-state index >= 15 is 0 Å². The summed E-state index contributed by atoms with van der Waals surface area (Å²) in [5.74, 6) is -0.379. The maximum Gasteiger partial charge on any atom is 0.254 e. The summed E-state index contributed by atoms with van der Waals surface area (Å²) in [7, 11) is 0. The van der Waals surface area contributed by atoms with E-state index in [-0.39, 0.29) is 35.5 Å². The number of fused-ring (bicyclic) bond motifs is 2. The third kappa shape index (κ3) is 2.87. The van der Waals surface area contributed by atoms with Crippen molar-refractivity contribution in [1.82, 2.24) is 9.58 Å². The van der Waals surface area contributed by atoms with E-state index in [0.29, 0.717) is 0 Å². The number of hydrazone groups is 1. The SMILES string of the molecule is O=C1[C@@H]2[C@@H](C(=O)N1/N=C\c1cn(Cc3ccccc3)c3ccccc13)[C@H]1C=C[C@H]2CC1. The average molecular weight is 409 g/mol. The van der Waals surface area contributed by atoms with E-state index < -0.39 is 0 Å². The number of rotatable bonds is 4. The predicted molar refractivity (Wildman–Crippen MR) is 119 cm³/mol. The summed E-state index contributed by atoms with van der Waals surface area (Å²) in [6, 6.07) is 18.4. The Labute approximate surface area is 180 Å². The first-order valence-electron chi connectivity index (χ1n) is 10.9. The number of hydrogen-bond acceptors (Lipinski definition) is 3. The molecule has 0 spiro atoms. The van der Waals surface area contributed by atoms with Crippen LogP contribution < -0.4 is 0 Å². The number of aromatic nitrogens is 1. The van der Waals surface area contributed by atoms with Crippen LogP contribution in [0.25, 0.3) is 10.9 Å². The molecule has 1 aromatic heterocycles. The van der Waals surface area contributed by atoms with Gasteiger partial charge in [0.1, 0.15) is 0 Å². The molecular formula is C26H23N3O2. The highest BCUT2D eigenvalue weighted by Crippen LogP contribution is 2.49. The molecule has 3 aromatic rings.